The van der Waals surface area contributed by atoms with Crippen molar-refractivity contribution in [3.8, 4) is 79.3 Å². The summed E-state index contributed by atoms with van der Waals surface area (Å²) in [6, 6.07) is 44.9. The fraction of sp³-hybridized carbons (Fsp3) is 0.0526. The summed E-state index contributed by atoms with van der Waals surface area (Å²) in [5, 5.41) is 0. The lowest BCUT2D eigenvalue weighted by Crippen LogP contribution is -1.87. The number of nitrogens with one attached hydrogen (secondary N) is 2. The summed E-state index contributed by atoms with van der Waals surface area (Å²) in [5.74, 6) is 3.22. The molecule has 7 aromatic rings. The molecule has 0 bridgehead atoms. The molecule has 0 spiro atoms. The van der Waals surface area contributed by atoms with Crippen LogP contribution < -0.4 is 9.47 Å². The largest absolute Gasteiger partial charge is 0.497 e. The first-order valence-electron chi connectivity index (χ1n) is 14.4. The van der Waals surface area contributed by atoms with E-state index in [-0.39, 0.29) is 0 Å². The molecule has 0 amide bonds. The Hall–Kier alpha value is -5.88. The Kier molecular flexibility index (Phi) is 7.22. The van der Waals surface area contributed by atoms with Crippen LogP contribution in [0.1, 0.15) is 0 Å². The third-order valence-corrected chi connectivity index (χ3v) is 7.69. The Morgan fingerprint density at radius 2 is 0.727 bits per heavy atom. The lowest BCUT2D eigenvalue weighted by molar-refractivity contribution is 0.415. The van der Waals surface area contributed by atoms with Gasteiger partial charge in [-0.3, -0.25) is 0 Å². The second kappa shape index (κ2) is 11.8. The number of ether oxygens (including phenoxy) is 2. The molecule has 0 radical (unpaired) electrons. The maximum absolute atomic E-state index is 5.35. The van der Waals surface area contributed by atoms with Crippen LogP contribution in [0.3, 0.4) is 0 Å². The monoisotopic (exact) mass is 574 g/mol. The van der Waals surface area contributed by atoms with E-state index in [1.807, 2.05) is 84.9 Å². The standard InChI is InChI=1S/C38H30N4O2/c1-43-31-21-17-29(18-22-31)37-39-33(25-9-5-3-6-10-25)35(41-37)27-13-15-28(16-14-27)36-34(26-11-7-4-8-12-26)40-38(42-36)30-19-23-32(44-2)24-20-30/h3-24H,1-2H3,(H,39,41)(H,40,42). The summed E-state index contributed by atoms with van der Waals surface area (Å²) in [6.45, 7) is 0. The maximum atomic E-state index is 5.35. The molecule has 5 aromatic carbocycles. The Labute approximate surface area is 256 Å². The van der Waals surface area contributed by atoms with E-state index in [1.54, 1.807) is 14.2 Å². The second-order valence-electron chi connectivity index (χ2n) is 10.4. The van der Waals surface area contributed by atoms with Crippen LogP contribution >= 0.6 is 0 Å². The smallest absolute Gasteiger partial charge is 0.138 e. The molecule has 0 atom stereocenters. The molecule has 7 rings (SSSR count). The summed E-state index contributed by atoms with van der Waals surface area (Å²) in [7, 11) is 3.34. The SMILES string of the molecule is COc1ccc(-c2nc(-c3ccc(-c4[nH]c(-c5ccc(OC)cc5)nc4-c4ccccc4)cc3)c(-c3ccccc3)[nH]2)cc1. The van der Waals surface area contributed by atoms with Gasteiger partial charge in [-0.25, -0.2) is 9.97 Å². The number of methoxy groups -OCH3 is 2. The number of imidazole rings is 2. The zero-order chi connectivity index (χ0) is 29.9. The Morgan fingerprint density at radius 3 is 1.16 bits per heavy atom. The number of benzene rings is 5. The van der Waals surface area contributed by atoms with Crippen molar-refractivity contribution in [3.63, 3.8) is 0 Å². The van der Waals surface area contributed by atoms with Gasteiger partial charge in [-0.1, -0.05) is 84.9 Å². The van der Waals surface area contributed by atoms with Crippen molar-refractivity contribution in [2.24, 2.45) is 0 Å². The predicted molar refractivity (Wildman–Crippen MR) is 176 cm³/mol. The maximum Gasteiger partial charge on any atom is 0.138 e. The van der Waals surface area contributed by atoms with Gasteiger partial charge in [0.1, 0.15) is 23.1 Å². The molecule has 0 unspecified atom stereocenters. The molecular formula is C38H30N4O2. The van der Waals surface area contributed by atoms with Crippen LogP contribution in [0.5, 0.6) is 11.5 Å². The molecule has 2 heterocycles. The number of nitrogens with zero attached hydrogens (tertiary/aromatic N) is 2. The van der Waals surface area contributed by atoms with Gasteiger partial charge in [-0.15, -0.1) is 0 Å². The van der Waals surface area contributed by atoms with Crippen molar-refractivity contribution in [2.45, 2.75) is 0 Å². The first-order valence-corrected chi connectivity index (χ1v) is 14.4. The van der Waals surface area contributed by atoms with Crippen molar-refractivity contribution in [1.29, 1.82) is 0 Å². The lowest BCUT2D eigenvalue weighted by Gasteiger charge is -2.06. The van der Waals surface area contributed by atoms with E-state index >= 15 is 0 Å². The Bertz CT molecular complexity index is 1840. The molecule has 0 fully saturated rings. The lowest BCUT2D eigenvalue weighted by atomic mass is 10.0. The molecule has 6 nitrogen and oxygen atoms in total. The Morgan fingerprint density at radius 1 is 0.386 bits per heavy atom. The summed E-state index contributed by atoms with van der Waals surface area (Å²) >= 11 is 0. The van der Waals surface area contributed by atoms with Gasteiger partial charge in [-0.2, -0.15) is 0 Å². The quantitative estimate of drug-likeness (QED) is 0.190. The number of aromatic nitrogens is 4. The highest BCUT2D eigenvalue weighted by Crippen LogP contribution is 2.37. The second-order valence-corrected chi connectivity index (χ2v) is 10.4. The van der Waals surface area contributed by atoms with Gasteiger partial charge in [0, 0.05) is 33.4 Å². The number of aromatic amines is 2. The number of hydrogen-bond acceptors (Lipinski definition) is 4. The van der Waals surface area contributed by atoms with Crippen LogP contribution in [0, 0.1) is 0 Å². The molecule has 2 N–H and O–H groups in total. The van der Waals surface area contributed by atoms with E-state index in [2.05, 4.69) is 58.5 Å². The fourth-order valence-corrected chi connectivity index (χ4v) is 5.35. The summed E-state index contributed by atoms with van der Waals surface area (Å²) < 4.78 is 10.7. The topological polar surface area (TPSA) is 75.8 Å². The first kappa shape index (κ1) is 27.0. The summed E-state index contributed by atoms with van der Waals surface area (Å²) in [6.07, 6.45) is 0. The van der Waals surface area contributed by atoms with Crippen molar-refractivity contribution in [1.82, 2.24) is 19.9 Å². The van der Waals surface area contributed by atoms with Gasteiger partial charge in [0.2, 0.25) is 0 Å². The van der Waals surface area contributed by atoms with Gasteiger partial charge >= 0.3 is 0 Å². The molecule has 0 saturated carbocycles. The number of H-pyrrole nitrogens is 2. The number of hydrogen-bond donors (Lipinski definition) is 2. The highest BCUT2D eigenvalue weighted by atomic mass is 16.5. The highest BCUT2D eigenvalue weighted by molar-refractivity contribution is 5.85. The molecule has 0 aliphatic rings. The van der Waals surface area contributed by atoms with E-state index in [0.29, 0.717) is 0 Å². The van der Waals surface area contributed by atoms with E-state index in [0.717, 1.165) is 79.3 Å². The normalized spacial score (nSPS) is 11.0. The third kappa shape index (κ3) is 5.25. The minimum absolute atomic E-state index is 0.799. The molecule has 44 heavy (non-hydrogen) atoms. The number of rotatable bonds is 8. The van der Waals surface area contributed by atoms with E-state index < -0.39 is 0 Å². The minimum Gasteiger partial charge on any atom is -0.497 e. The third-order valence-electron chi connectivity index (χ3n) is 7.69. The zero-order valence-electron chi connectivity index (χ0n) is 24.4. The zero-order valence-corrected chi connectivity index (χ0v) is 24.4. The fourth-order valence-electron chi connectivity index (χ4n) is 5.35. The summed E-state index contributed by atoms with van der Waals surface area (Å²) in [5.41, 5.74) is 9.86. The average molecular weight is 575 g/mol. The molecule has 214 valence electrons. The Balaban J connectivity index is 1.30. The van der Waals surface area contributed by atoms with E-state index in [9.17, 15) is 0 Å². The molecule has 0 saturated heterocycles. The molecule has 6 heteroatoms. The van der Waals surface area contributed by atoms with Gasteiger partial charge in [0.25, 0.3) is 0 Å². The molecule has 0 aliphatic heterocycles. The average Bonchev–Trinajstić information content (AvgIpc) is 3.76. The van der Waals surface area contributed by atoms with Gasteiger partial charge in [-0.05, 0) is 48.5 Å². The van der Waals surface area contributed by atoms with Crippen LogP contribution in [0.25, 0.3) is 67.8 Å². The van der Waals surface area contributed by atoms with Crippen molar-refractivity contribution < 1.29 is 9.47 Å². The van der Waals surface area contributed by atoms with E-state index in [1.165, 1.54) is 0 Å². The van der Waals surface area contributed by atoms with Gasteiger partial charge < -0.3 is 19.4 Å². The predicted octanol–water partition coefficient (Wildman–Crippen LogP) is 9.15. The van der Waals surface area contributed by atoms with Crippen LogP contribution in [-0.4, -0.2) is 34.2 Å². The van der Waals surface area contributed by atoms with Gasteiger partial charge in [0.05, 0.1) is 37.0 Å². The first-order chi connectivity index (χ1) is 21.7. The van der Waals surface area contributed by atoms with Crippen molar-refractivity contribution in [3.05, 3.63) is 133 Å². The van der Waals surface area contributed by atoms with Crippen molar-refractivity contribution >= 4 is 0 Å². The van der Waals surface area contributed by atoms with Crippen LogP contribution in [-0.2, 0) is 0 Å². The van der Waals surface area contributed by atoms with Crippen LogP contribution in [0.2, 0.25) is 0 Å². The van der Waals surface area contributed by atoms with Gasteiger partial charge in [0.15, 0.2) is 0 Å². The van der Waals surface area contributed by atoms with Crippen LogP contribution in [0.15, 0.2) is 133 Å². The molecule has 0 aliphatic carbocycles. The van der Waals surface area contributed by atoms with Crippen LogP contribution in [0.4, 0.5) is 0 Å². The molecular weight excluding hydrogens is 544 g/mol. The molecule has 2 aromatic heterocycles. The summed E-state index contributed by atoms with van der Waals surface area (Å²) in [4.78, 5) is 17.3. The minimum atomic E-state index is 0.799. The van der Waals surface area contributed by atoms with Crippen molar-refractivity contribution in [2.75, 3.05) is 14.2 Å². The van der Waals surface area contributed by atoms with E-state index in [4.69, 9.17) is 19.4 Å². The highest BCUT2D eigenvalue weighted by Gasteiger charge is 2.18.